The summed E-state index contributed by atoms with van der Waals surface area (Å²) >= 11 is 3.18. The van der Waals surface area contributed by atoms with E-state index in [9.17, 15) is 4.79 Å². The van der Waals surface area contributed by atoms with Crippen LogP contribution in [0.3, 0.4) is 0 Å². The second-order valence-electron chi connectivity index (χ2n) is 2.25. The highest BCUT2D eigenvalue weighted by molar-refractivity contribution is 9.10. The van der Waals surface area contributed by atoms with Gasteiger partial charge in [0.25, 0.3) is 0 Å². The zero-order chi connectivity index (χ0) is 8.55. The number of hydrogen-bond acceptors (Lipinski definition) is 3. The number of fused-ring (bicyclic) bond motifs is 1. The van der Waals surface area contributed by atoms with Crippen molar-refractivity contribution in [2.75, 3.05) is 0 Å². The van der Waals surface area contributed by atoms with E-state index in [-0.39, 0.29) is 0 Å². The Morgan fingerprint density at radius 3 is 3.17 bits per heavy atom. The van der Waals surface area contributed by atoms with E-state index in [0.29, 0.717) is 21.3 Å². The molecule has 12 heavy (non-hydrogen) atoms. The molecule has 5 heteroatoms. The minimum absolute atomic E-state index is 0.527. The maximum atomic E-state index is 10.5. The Bertz CT molecular complexity index is 437. The monoisotopic (exact) mass is 225 g/mol. The van der Waals surface area contributed by atoms with Crippen molar-refractivity contribution >= 4 is 33.4 Å². The summed E-state index contributed by atoms with van der Waals surface area (Å²) in [6.45, 7) is 0. The fraction of sp³-hybridized carbons (Fsp3) is 0. The first-order valence-corrected chi connectivity index (χ1v) is 4.05. The van der Waals surface area contributed by atoms with Crippen molar-refractivity contribution < 1.29 is 4.79 Å². The lowest BCUT2D eigenvalue weighted by molar-refractivity contribution is 0.112. The van der Waals surface area contributed by atoms with Gasteiger partial charge in [-0.05, 0) is 15.9 Å². The van der Waals surface area contributed by atoms with Gasteiger partial charge in [0.15, 0.2) is 11.9 Å². The van der Waals surface area contributed by atoms with Gasteiger partial charge in [-0.1, -0.05) is 0 Å². The number of carbonyl (C=O) groups is 1. The summed E-state index contributed by atoms with van der Waals surface area (Å²) < 4.78 is 0.623. The summed E-state index contributed by atoms with van der Waals surface area (Å²) in [7, 11) is 0. The number of aromatic amines is 1. The molecule has 1 N–H and O–H groups in total. The zero-order valence-electron chi connectivity index (χ0n) is 5.91. The number of aldehydes is 1. The minimum atomic E-state index is 0.527. The average molecular weight is 226 g/mol. The molecule has 0 aliphatic carbocycles. The van der Waals surface area contributed by atoms with E-state index in [0.717, 1.165) is 6.29 Å². The first kappa shape index (κ1) is 7.42. The molecule has 0 fully saturated rings. The van der Waals surface area contributed by atoms with E-state index in [4.69, 9.17) is 0 Å². The average Bonchev–Trinajstić information content (AvgIpc) is 2.46. The van der Waals surface area contributed by atoms with Gasteiger partial charge in [0.2, 0.25) is 0 Å². The van der Waals surface area contributed by atoms with Gasteiger partial charge in [-0.15, -0.1) is 0 Å². The summed E-state index contributed by atoms with van der Waals surface area (Å²) in [5.74, 6) is 0. The minimum Gasteiger partial charge on any atom is -0.344 e. The smallest absolute Gasteiger partial charge is 0.156 e. The molecule has 2 aromatic rings. The predicted molar refractivity (Wildman–Crippen MR) is 47.0 cm³/mol. The second-order valence-corrected chi connectivity index (χ2v) is 3.06. The maximum Gasteiger partial charge on any atom is 0.156 e. The third-order valence-corrected chi connectivity index (χ3v) is 1.89. The van der Waals surface area contributed by atoms with E-state index in [1.807, 2.05) is 0 Å². The molecular formula is C7H4BrN3O. The van der Waals surface area contributed by atoms with Crippen LogP contribution in [0.25, 0.3) is 11.2 Å². The van der Waals surface area contributed by atoms with Crippen LogP contribution < -0.4 is 0 Å². The molecule has 0 saturated carbocycles. The molecule has 2 heterocycles. The molecule has 2 aromatic heterocycles. The van der Waals surface area contributed by atoms with Crippen LogP contribution in [0, 0.1) is 0 Å². The van der Waals surface area contributed by atoms with Crippen molar-refractivity contribution in [3.8, 4) is 0 Å². The molecule has 0 saturated heterocycles. The number of halogens is 1. The predicted octanol–water partition coefficient (Wildman–Crippen LogP) is 1.53. The van der Waals surface area contributed by atoms with Gasteiger partial charge in [-0.2, -0.15) is 0 Å². The van der Waals surface area contributed by atoms with E-state index < -0.39 is 0 Å². The van der Waals surface area contributed by atoms with Crippen LogP contribution in [0.5, 0.6) is 0 Å². The second kappa shape index (κ2) is 2.67. The lowest BCUT2D eigenvalue weighted by atomic mass is 10.3. The number of hydrogen-bond donors (Lipinski definition) is 1. The van der Waals surface area contributed by atoms with Gasteiger partial charge in [0.05, 0.1) is 11.8 Å². The highest BCUT2D eigenvalue weighted by Crippen LogP contribution is 2.14. The number of carbonyl (C=O) groups excluding carboxylic acids is 1. The number of nitrogens with zero attached hydrogens (tertiary/aromatic N) is 2. The summed E-state index contributed by atoms with van der Waals surface area (Å²) in [5, 5.41) is 0. The third-order valence-electron chi connectivity index (χ3n) is 1.51. The molecule has 0 amide bonds. The van der Waals surface area contributed by atoms with E-state index >= 15 is 0 Å². The fourth-order valence-electron chi connectivity index (χ4n) is 0.979. The fourth-order valence-corrected chi connectivity index (χ4v) is 1.26. The molecular weight excluding hydrogens is 222 g/mol. The van der Waals surface area contributed by atoms with Gasteiger partial charge in [-0.3, -0.25) is 4.79 Å². The summed E-state index contributed by atoms with van der Waals surface area (Å²) in [6, 6.07) is 0. The topological polar surface area (TPSA) is 58.6 Å². The highest BCUT2D eigenvalue weighted by atomic mass is 79.9. The molecule has 60 valence electrons. The first-order valence-electron chi connectivity index (χ1n) is 3.26. The lowest BCUT2D eigenvalue weighted by Crippen LogP contribution is -1.83. The number of aromatic nitrogens is 3. The lowest BCUT2D eigenvalue weighted by Gasteiger charge is -1.89. The van der Waals surface area contributed by atoms with Gasteiger partial charge in [-0.25, -0.2) is 9.97 Å². The van der Waals surface area contributed by atoms with Crippen LogP contribution in [0.15, 0.2) is 17.0 Å². The summed E-state index contributed by atoms with van der Waals surface area (Å²) in [6.07, 6.45) is 3.91. The Morgan fingerprint density at radius 2 is 2.42 bits per heavy atom. The van der Waals surface area contributed by atoms with Crippen molar-refractivity contribution in [3.05, 3.63) is 22.6 Å². The third kappa shape index (κ3) is 1.02. The Kier molecular flexibility index (Phi) is 1.65. The normalized spacial score (nSPS) is 10.4. The van der Waals surface area contributed by atoms with E-state index in [1.165, 1.54) is 0 Å². The Labute approximate surface area is 76.2 Å². The zero-order valence-corrected chi connectivity index (χ0v) is 7.50. The molecule has 0 aromatic carbocycles. The maximum absolute atomic E-state index is 10.5. The van der Waals surface area contributed by atoms with Crippen LogP contribution in [0.4, 0.5) is 0 Å². The first-order chi connectivity index (χ1) is 5.81. The van der Waals surface area contributed by atoms with Crippen LogP contribution in [0.2, 0.25) is 0 Å². The van der Waals surface area contributed by atoms with Crippen LogP contribution in [-0.2, 0) is 0 Å². The molecule has 0 spiro atoms. The SMILES string of the molecule is O=Cc1c[nH]c2ncc(Br)nc12. The molecule has 0 aliphatic heterocycles. The van der Waals surface area contributed by atoms with E-state index in [2.05, 4.69) is 30.9 Å². The number of nitrogens with one attached hydrogen (secondary N) is 1. The van der Waals surface area contributed by atoms with Crippen molar-refractivity contribution in [2.45, 2.75) is 0 Å². The quantitative estimate of drug-likeness (QED) is 0.750. The van der Waals surface area contributed by atoms with Crippen molar-refractivity contribution in [3.63, 3.8) is 0 Å². The van der Waals surface area contributed by atoms with Crippen LogP contribution in [0.1, 0.15) is 10.4 Å². The Balaban J connectivity index is 2.83. The molecule has 0 radical (unpaired) electrons. The molecule has 0 aliphatic rings. The molecule has 0 unspecified atom stereocenters. The van der Waals surface area contributed by atoms with Crippen LogP contribution >= 0.6 is 15.9 Å². The summed E-state index contributed by atoms with van der Waals surface area (Å²) in [4.78, 5) is 21.5. The van der Waals surface area contributed by atoms with Gasteiger partial charge < -0.3 is 4.98 Å². The van der Waals surface area contributed by atoms with E-state index in [1.54, 1.807) is 12.4 Å². The Morgan fingerprint density at radius 1 is 1.58 bits per heavy atom. The summed E-state index contributed by atoms with van der Waals surface area (Å²) in [5.41, 5.74) is 1.75. The number of H-pyrrole nitrogens is 1. The Hall–Kier alpha value is -1.23. The van der Waals surface area contributed by atoms with Crippen molar-refractivity contribution in [1.82, 2.24) is 15.0 Å². The van der Waals surface area contributed by atoms with Gasteiger partial charge >= 0.3 is 0 Å². The molecule has 4 nitrogen and oxygen atoms in total. The van der Waals surface area contributed by atoms with Gasteiger partial charge in [0, 0.05) is 6.20 Å². The van der Waals surface area contributed by atoms with Crippen molar-refractivity contribution in [1.29, 1.82) is 0 Å². The standard InChI is InChI=1S/C7H4BrN3O/c8-5-2-10-7-6(11-5)4(3-12)1-9-7/h1-3H,(H,9,10). The largest absolute Gasteiger partial charge is 0.344 e. The van der Waals surface area contributed by atoms with Crippen LogP contribution in [-0.4, -0.2) is 21.2 Å². The van der Waals surface area contributed by atoms with Gasteiger partial charge in [0.1, 0.15) is 10.1 Å². The molecule has 2 rings (SSSR count). The van der Waals surface area contributed by atoms with Crippen molar-refractivity contribution in [2.24, 2.45) is 0 Å². The molecule has 0 atom stereocenters. The highest BCUT2D eigenvalue weighted by Gasteiger charge is 2.04. The molecule has 0 bridgehead atoms. The number of rotatable bonds is 1.